The van der Waals surface area contributed by atoms with Crippen molar-refractivity contribution in [3.05, 3.63) is 51.5 Å². The van der Waals surface area contributed by atoms with Gasteiger partial charge in [-0.1, -0.05) is 12.1 Å². The van der Waals surface area contributed by atoms with Crippen LogP contribution in [0.5, 0.6) is 0 Å². The smallest absolute Gasteiger partial charge is 0.289 e. The fourth-order valence-electron chi connectivity index (χ4n) is 3.01. The fourth-order valence-corrected chi connectivity index (χ4v) is 3.01. The van der Waals surface area contributed by atoms with Gasteiger partial charge >= 0.3 is 0 Å². The lowest BCUT2D eigenvalue weighted by atomic mass is 10.0. The lowest BCUT2D eigenvalue weighted by Gasteiger charge is -2.16. The molecule has 0 spiro atoms. The van der Waals surface area contributed by atoms with E-state index in [0.29, 0.717) is 12.3 Å². The van der Waals surface area contributed by atoms with Gasteiger partial charge < -0.3 is 9.32 Å². The number of carbonyl (C=O) groups excluding carboxylic acids is 1. The van der Waals surface area contributed by atoms with Gasteiger partial charge in [0.05, 0.1) is 5.69 Å². The van der Waals surface area contributed by atoms with Crippen LogP contribution in [0.1, 0.15) is 44.2 Å². The Kier molecular flexibility index (Phi) is 3.95. The van der Waals surface area contributed by atoms with Crippen molar-refractivity contribution in [3.8, 4) is 0 Å². The first-order valence-electron chi connectivity index (χ1n) is 8.06. The summed E-state index contributed by atoms with van der Waals surface area (Å²) in [5.74, 6) is 0.306. The summed E-state index contributed by atoms with van der Waals surface area (Å²) in [6.07, 6.45) is 0. The van der Waals surface area contributed by atoms with E-state index in [9.17, 15) is 4.79 Å². The second-order valence-corrected chi connectivity index (χ2v) is 6.51. The lowest BCUT2D eigenvalue weighted by Crippen LogP contribution is -2.26. The van der Waals surface area contributed by atoms with Gasteiger partial charge in [-0.25, -0.2) is 0 Å². The van der Waals surface area contributed by atoms with Crippen molar-refractivity contribution in [2.45, 2.75) is 41.2 Å². The molecule has 0 aliphatic rings. The molecule has 0 unspecified atom stereocenters. The Morgan fingerprint density at radius 3 is 2.50 bits per heavy atom. The molecule has 0 aliphatic carbocycles. The molecular formula is C19H23N3O2. The van der Waals surface area contributed by atoms with E-state index < -0.39 is 0 Å². The number of fused-ring (bicyclic) bond motifs is 1. The van der Waals surface area contributed by atoms with E-state index in [1.165, 1.54) is 0 Å². The number of aromatic nitrogens is 2. The summed E-state index contributed by atoms with van der Waals surface area (Å²) >= 11 is 0. The third-order valence-electron chi connectivity index (χ3n) is 4.84. The number of aromatic amines is 1. The third-order valence-corrected chi connectivity index (χ3v) is 4.84. The maximum absolute atomic E-state index is 12.9. The predicted molar refractivity (Wildman–Crippen MR) is 94.3 cm³/mol. The third kappa shape index (κ3) is 2.50. The number of nitrogens with zero attached hydrogens (tertiary/aromatic N) is 2. The molecule has 0 bridgehead atoms. The molecule has 3 aromatic rings. The van der Waals surface area contributed by atoms with Crippen molar-refractivity contribution in [2.75, 3.05) is 7.05 Å². The summed E-state index contributed by atoms with van der Waals surface area (Å²) in [7, 11) is 1.79. The van der Waals surface area contributed by atoms with E-state index in [4.69, 9.17) is 4.42 Å². The zero-order chi connectivity index (χ0) is 17.6. The Labute approximate surface area is 141 Å². The first-order chi connectivity index (χ1) is 11.3. The molecule has 5 nitrogen and oxygen atoms in total. The molecule has 0 fully saturated rings. The Morgan fingerprint density at radius 2 is 1.88 bits per heavy atom. The highest BCUT2D eigenvalue weighted by Gasteiger charge is 2.23. The van der Waals surface area contributed by atoms with E-state index >= 15 is 0 Å². The Balaban J connectivity index is 1.96. The van der Waals surface area contributed by atoms with Crippen LogP contribution in [0.2, 0.25) is 0 Å². The minimum Gasteiger partial charge on any atom is -0.450 e. The molecule has 2 aromatic heterocycles. The molecular weight excluding hydrogens is 302 g/mol. The SMILES string of the molecule is Cc1ccc2c(C)c(C(=O)N(C)Cc3c(C)n[nH]c3C)oc2c1C. The van der Waals surface area contributed by atoms with Gasteiger partial charge in [0.1, 0.15) is 5.58 Å². The average Bonchev–Trinajstić information content (AvgIpc) is 3.05. The topological polar surface area (TPSA) is 62.1 Å². The Hall–Kier alpha value is -2.56. The molecule has 1 N–H and O–H groups in total. The number of benzene rings is 1. The summed E-state index contributed by atoms with van der Waals surface area (Å²) in [5, 5.41) is 8.15. The quantitative estimate of drug-likeness (QED) is 0.792. The number of nitrogens with one attached hydrogen (secondary N) is 1. The van der Waals surface area contributed by atoms with Gasteiger partial charge in [0.25, 0.3) is 5.91 Å². The van der Waals surface area contributed by atoms with Crippen LogP contribution in [0.25, 0.3) is 11.0 Å². The van der Waals surface area contributed by atoms with Gasteiger partial charge in [-0.3, -0.25) is 9.89 Å². The maximum Gasteiger partial charge on any atom is 0.289 e. The van der Waals surface area contributed by atoms with E-state index in [-0.39, 0.29) is 5.91 Å². The van der Waals surface area contributed by atoms with Crippen LogP contribution < -0.4 is 0 Å². The highest BCUT2D eigenvalue weighted by Crippen LogP contribution is 2.30. The highest BCUT2D eigenvalue weighted by molar-refractivity contribution is 5.99. The molecule has 0 atom stereocenters. The Morgan fingerprint density at radius 1 is 1.17 bits per heavy atom. The standard InChI is InChI=1S/C19H23N3O2/c1-10-7-8-15-12(3)18(24-17(15)11(10)2)19(23)22(6)9-16-13(4)20-21-14(16)5/h7-8H,9H2,1-6H3,(H,20,21). The predicted octanol–water partition coefficient (Wildman–Crippen LogP) is 3.97. The van der Waals surface area contributed by atoms with E-state index in [1.54, 1.807) is 11.9 Å². The first kappa shape index (κ1) is 16.3. The van der Waals surface area contributed by atoms with Crippen molar-refractivity contribution in [2.24, 2.45) is 0 Å². The van der Waals surface area contributed by atoms with Crippen molar-refractivity contribution in [1.29, 1.82) is 0 Å². The number of rotatable bonds is 3. The monoisotopic (exact) mass is 325 g/mol. The average molecular weight is 325 g/mol. The molecule has 2 heterocycles. The molecule has 126 valence electrons. The summed E-state index contributed by atoms with van der Waals surface area (Å²) in [6.45, 7) is 10.4. The zero-order valence-corrected chi connectivity index (χ0v) is 15.1. The second kappa shape index (κ2) is 5.82. The van der Waals surface area contributed by atoms with Crippen molar-refractivity contribution in [3.63, 3.8) is 0 Å². The second-order valence-electron chi connectivity index (χ2n) is 6.51. The van der Waals surface area contributed by atoms with Crippen molar-refractivity contribution in [1.82, 2.24) is 15.1 Å². The summed E-state index contributed by atoms with van der Waals surface area (Å²) in [4.78, 5) is 14.6. The number of H-pyrrole nitrogens is 1. The molecule has 0 radical (unpaired) electrons. The molecule has 0 saturated heterocycles. The van der Waals surface area contributed by atoms with Crippen LogP contribution in [-0.2, 0) is 6.54 Å². The zero-order valence-electron chi connectivity index (χ0n) is 15.1. The van der Waals surface area contributed by atoms with Crippen LogP contribution >= 0.6 is 0 Å². The molecule has 1 amide bonds. The van der Waals surface area contributed by atoms with E-state index in [1.807, 2.05) is 40.7 Å². The van der Waals surface area contributed by atoms with Crippen LogP contribution in [0, 0.1) is 34.6 Å². The summed E-state index contributed by atoms with van der Waals surface area (Å²) in [5.41, 5.74) is 6.89. The number of furan rings is 1. The van der Waals surface area contributed by atoms with Crippen LogP contribution in [0.4, 0.5) is 0 Å². The fraction of sp³-hybridized carbons (Fsp3) is 0.368. The van der Waals surface area contributed by atoms with Crippen molar-refractivity contribution < 1.29 is 9.21 Å². The number of hydrogen-bond acceptors (Lipinski definition) is 3. The molecule has 0 aliphatic heterocycles. The molecule has 0 saturated carbocycles. The molecule has 3 rings (SSSR count). The van der Waals surface area contributed by atoms with Gasteiger partial charge in [0, 0.05) is 35.8 Å². The molecule has 24 heavy (non-hydrogen) atoms. The first-order valence-corrected chi connectivity index (χ1v) is 8.06. The number of amides is 1. The largest absolute Gasteiger partial charge is 0.450 e. The van der Waals surface area contributed by atoms with Gasteiger partial charge in [-0.05, 0) is 45.7 Å². The number of carbonyl (C=O) groups is 1. The lowest BCUT2D eigenvalue weighted by molar-refractivity contribution is 0.0754. The Bertz CT molecular complexity index is 914. The van der Waals surface area contributed by atoms with Crippen LogP contribution in [0.15, 0.2) is 16.5 Å². The normalized spacial score (nSPS) is 11.2. The maximum atomic E-state index is 12.9. The van der Waals surface area contributed by atoms with Gasteiger partial charge in [0.2, 0.25) is 0 Å². The minimum absolute atomic E-state index is 0.110. The van der Waals surface area contributed by atoms with Gasteiger partial charge in [-0.15, -0.1) is 0 Å². The molecule has 5 heteroatoms. The minimum atomic E-state index is -0.110. The summed E-state index contributed by atoms with van der Waals surface area (Å²) in [6, 6.07) is 4.09. The van der Waals surface area contributed by atoms with Gasteiger partial charge in [-0.2, -0.15) is 5.10 Å². The highest BCUT2D eigenvalue weighted by atomic mass is 16.3. The van der Waals surface area contributed by atoms with Crippen LogP contribution in [0.3, 0.4) is 0 Å². The van der Waals surface area contributed by atoms with E-state index in [0.717, 1.165) is 44.6 Å². The van der Waals surface area contributed by atoms with Crippen LogP contribution in [-0.4, -0.2) is 28.1 Å². The number of aryl methyl sites for hydroxylation is 5. The summed E-state index contributed by atoms with van der Waals surface area (Å²) < 4.78 is 5.96. The van der Waals surface area contributed by atoms with Gasteiger partial charge in [0.15, 0.2) is 5.76 Å². The van der Waals surface area contributed by atoms with Crippen molar-refractivity contribution >= 4 is 16.9 Å². The van der Waals surface area contributed by atoms with E-state index in [2.05, 4.69) is 16.3 Å². The molecule has 1 aromatic carbocycles. The number of hydrogen-bond donors (Lipinski definition) is 1.